The van der Waals surface area contributed by atoms with Crippen LogP contribution in [-0.4, -0.2) is 77.6 Å². The van der Waals surface area contributed by atoms with Gasteiger partial charge in [0.05, 0.1) is 19.8 Å². The fourth-order valence-electron chi connectivity index (χ4n) is 2.66. The van der Waals surface area contributed by atoms with Crippen LogP contribution in [0.5, 0.6) is 0 Å². The molecule has 1 aliphatic heterocycles. The molecule has 25 heavy (non-hydrogen) atoms. The summed E-state index contributed by atoms with van der Waals surface area (Å²) in [6, 6.07) is 8.02. The minimum atomic E-state index is 0. The van der Waals surface area contributed by atoms with Crippen molar-refractivity contribution >= 4 is 47.2 Å². The number of hydrogen-bond donors (Lipinski definition) is 1. The molecule has 0 unspecified atom stereocenters. The number of nitrogens with one attached hydrogen (secondary N) is 1. The molecule has 1 N–H and O–H groups in total. The Morgan fingerprint density at radius 3 is 2.60 bits per heavy atom. The molecule has 0 radical (unpaired) electrons. The Kier molecular flexibility index (Phi) is 11.2. The van der Waals surface area contributed by atoms with E-state index >= 15 is 0 Å². The molecule has 0 atom stereocenters. The molecule has 1 aliphatic rings. The first-order valence-electron chi connectivity index (χ1n) is 8.27. The number of hydrogen-bond acceptors (Lipinski definition) is 4. The van der Waals surface area contributed by atoms with Crippen molar-refractivity contribution < 1.29 is 9.47 Å². The van der Waals surface area contributed by atoms with E-state index in [9.17, 15) is 0 Å². The molecule has 1 saturated heterocycles. The normalized spacial score (nSPS) is 15.1. The Morgan fingerprint density at radius 2 is 1.96 bits per heavy atom. The van der Waals surface area contributed by atoms with Gasteiger partial charge in [-0.05, 0) is 18.2 Å². The van der Waals surface area contributed by atoms with Gasteiger partial charge in [0.15, 0.2) is 5.96 Å². The van der Waals surface area contributed by atoms with Crippen molar-refractivity contribution in [1.82, 2.24) is 10.2 Å². The van der Waals surface area contributed by atoms with Crippen LogP contribution in [0.25, 0.3) is 0 Å². The Labute approximate surface area is 172 Å². The maximum absolute atomic E-state index is 6.08. The van der Waals surface area contributed by atoms with E-state index in [4.69, 9.17) is 21.1 Å². The minimum Gasteiger partial charge on any atom is -0.382 e. The summed E-state index contributed by atoms with van der Waals surface area (Å²) in [5, 5.41) is 4.13. The summed E-state index contributed by atoms with van der Waals surface area (Å²) in [6.45, 7) is 6.38. The van der Waals surface area contributed by atoms with Crippen molar-refractivity contribution in [1.29, 1.82) is 0 Å². The van der Waals surface area contributed by atoms with Crippen LogP contribution in [0.15, 0.2) is 29.3 Å². The summed E-state index contributed by atoms with van der Waals surface area (Å²) in [6.07, 6.45) is 0. The van der Waals surface area contributed by atoms with E-state index in [2.05, 4.69) is 26.2 Å². The second kappa shape index (κ2) is 12.6. The van der Waals surface area contributed by atoms with E-state index in [1.54, 1.807) is 7.11 Å². The van der Waals surface area contributed by atoms with Crippen LogP contribution in [0.1, 0.15) is 0 Å². The van der Waals surface area contributed by atoms with Crippen LogP contribution >= 0.6 is 35.6 Å². The van der Waals surface area contributed by atoms with Crippen LogP contribution in [0, 0.1) is 0 Å². The third-order valence-electron chi connectivity index (χ3n) is 3.93. The first-order chi connectivity index (χ1) is 11.7. The summed E-state index contributed by atoms with van der Waals surface area (Å²) >= 11 is 6.08. The third kappa shape index (κ3) is 7.55. The van der Waals surface area contributed by atoms with E-state index < -0.39 is 0 Å². The predicted octanol–water partition coefficient (Wildman–Crippen LogP) is 2.32. The highest BCUT2D eigenvalue weighted by atomic mass is 127. The summed E-state index contributed by atoms with van der Waals surface area (Å²) < 4.78 is 10.4. The first kappa shape index (κ1) is 22.3. The summed E-state index contributed by atoms with van der Waals surface area (Å²) in [5.41, 5.74) is 1.18. The number of anilines is 1. The smallest absolute Gasteiger partial charge is 0.193 e. The van der Waals surface area contributed by atoms with Crippen molar-refractivity contribution in [3.63, 3.8) is 0 Å². The molecule has 142 valence electrons. The molecule has 6 nitrogen and oxygen atoms in total. The standard InChI is InChI=1S/C17H27ClN4O2.HI/c1-19-17(20-6-11-24-13-12-23-2)22-9-7-21(8-10-22)16-5-3-4-15(18)14-16;/h3-5,14H,6-13H2,1-2H3,(H,19,20);1H. The number of ether oxygens (including phenoxy) is 2. The second-order valence-electron chi connectivity index (χ2n) is 5.53. The topological polar surface area (TPSA) is 49.3 Å². The number of benzene rings is 1. The molecule has 8 heteroatoms. The van der Waals surface area contributed by atoms with Gasteiger partial charge in [0.1, 0.15) is 0 Å². The van der Waals surface area contributed by atoms with Crippen LogP contribution in [0.2, 0.25) is 5.02 Å². The van der Waals surface area contributed by atoms with Gasteiger partial charge < -0.3 is 24.6 Å². The number of aliphatic imine (C=N–C) groups is 1. The Hall–Kier alpha value is -0.770. The molecule has 1 heterocycles. The third-order valence-corrected chi connectivity index (χ3v) is 4.16. The highest BCUT2D eigenvalue weighted by Crippen LogP contribution is 2.20. The lowest BCUT2D eigenvalue weighted by Gasteiger charge is -2.37. The van der Waals surface area contributed by atoms with Crippen molar-refractivity contribution in [3.05, 3.63) is 29.3 Å². The molecule has 0 amide bonds. The zero-order valence-electron chi connectivity index (χ0n) is 14.9. The molecule has 0 aliphatic carbocycles. The van der Waals surface area contributed by atoms with E-state index in [0.717, 1.165) is 43.7 Å². The lowest BCUT2D eigenvalue weighted by molar-refractivity contribution is 0.0731. The van der Waals surface area contributed by atoms with E-state index in [-0.39, 0.29) is 24.0 Å². The number of nitrogens with zero attached hydrogens (tertiary/aromatic N) is 3. The van der Waals surface area contributed by atoms with Crippen LogP contribution < -0.4 is 10.2 Å². The van der Waals surface area contributed by atoms with Crippen LogP contribution in [-0.2, 0) is 9.47 Å². The lowest BCUT2D eigenvalue weighted by Crippen LogP contribution is -2.53. The van der Waals surface area contributed by atoms with E-state index in [1.165, 1.54) is 5.69 Å². The fourth-order valence-corrected chi connectivity index (χ4v) is 2.85. The number of halogens is 2. The maximum atomic E-state index is 6.08. The molecule has 0 bridgehead atoms. The van der Waals surface area contributed by atoms with Crippen molar-refractivity contribution in [2.24, 2.45) is 4.99 Å². The molecular formula is C17H28ClIN4O2. The van der Waals surface area contributed by atoms with Gasteiger partial charge in [0.2, 0.25) is 0 Å². The Balaban J connectivity index is 0.00000312. The molecule has 1 fully saturated rings. The molecule has 0 spiro atoms. The van der Waals surface area contributed by atoms with Crippen LogP contribution in [0.3, 0.4) is 0 Å². The number of piperazine rings is 1. The number of methoxy groups -OCH3 is 1. The largest absolute Gasteiger partial charge is 0.382 e. The fraction of sp³-hybridized carbons (Fsp3) is 0.588. The molecule has 2 rings (SSSR count). The van der Waals surface area contributed by atoms with Crippen LogP contribution in [0.4, 0.5) is 5.69 Å². The van der Waals surface area contributed by atoms with Gasteiger partial charge in [0, 0.05) is 57.6 Å². The maximum Gasteiger partial charge on any atom is 0.193 e. The monoisotopic (exact) mass is 482 g/mol. The predicted molar refractivity (Wildman–Crippen MR) is 115 cm³/mol. The first-order valence-corrected chi connectivity index (χ1v) is 8.65. The van der Waals surface area contributed by atoms with Gasteiger partial charge in [-0.2, -0.15) is 0 Å². The molecule has 0 aromatic heterocycles. The number of guanidine groups is 1. The average molecular weight is 483 g/mol. The van der Waals surface area contributed by atoms with Gasteiger partial charge in [-0.25, -0.2) is 0 Å². The minimum absolute atomic E-state index is 0. The zero-order chi connectivity index (χ0) is 17.2. The second-order valence-corrected chi connectivity index (χ2v) is 5.97. The van der Waals surface area contributed by atoms with Crippen molar-refractivity contribution in [3.8, 4) is 0 Å². The van der Waals surface area contributed by atoms with Gasteiger partial charge in [-0.15, -0.1) is 24.0 Å². The number of rotatable bonds is 7. The molecule has 1 aromatic carbocycles. The molecule has 1 aromatic rings. The highest BCUT2D eigenvalue weighted by Gasteiger charge is 2.19. The Bertz CT molecular complexity index is 525. The average Bonchev–Trinajstić information content (AvgIpc) is 2.61. The summed E-state index contributed by atoms with van der Waals surface area (Å²) in [4.78, 5) is 8.99. The lowest BCUT2D eigenvalue weighted by atomic mass is 10.2. The SMILES string of the molecule is CN=C(NCCOCCOC)N1CCN(c2cccc(Cl)c2)CC1.I. The highest BCUT2D eigenvalue weighted by molar-refractivity contribution is 14.0. The van der Waals surface area contributed by atoms with Gasteiger partial charge >= 0.3 is 0 Å². The van der Waals surface area contributed by atoms with E-state index in [1.807, 2.05) is 25.2 Å². The van der Waals surface area contributed by atoms with Crippen molar-refractivity contribution in [2.45, 2.75) is 0 Å². The molecule has 0 saturated carbocycles. The molecular weight excluding hydrogens is 455 g/mol. The van der Waals surface area contributed by atoms with Crippen molar-refractivity contribution in [2.75, 3.05) is 71.6 Å². The quantitative estimate of drug-likeness (QED) is 0.280. The van der Waals surface area contributed by atoms with Gasteiger partial charge in [0.25, 0.3) is 0 Å². The van der Waals surface area contributed by atoms with Gasteiger partial charge in [-0.1, -0.05) is 17.7 Å². The van der Waals surface area contributed by atoms with Gasteiger partial charge in [-0.3, -0.25) is 4.99 Å². The summed E-state index contributed by atoms with van der Waals surface area (Å²) in [5.74, 6) is 0.927. The zero-order valence-corrected chi connectivity index (χ0v) is 18.0. The summed E-state index contributed by atoms with van der Waals surface area (Å²) in [7, 11) is 3.49. The Morgan fingerprint density at radius 1 is 1.20 bits per heavy atom. The van der Waals surface area contributed by atoms with E-state index in [0.29, 0.717) is 19.8 Å².